The predicted molar refractivity (Wildman–Crippen MR) is 225 cm³/mol. The number of rotatable bonds is 6. The molecule has 0 spiro atoms. The molecule has 10 aromatic rings. The minimum absolute atomic E-state index is 1.11. The lowest BCUT2D eigenvalue weighted by Crippen LogP contribution is -2.11. The Morgan fingerprint density at radius 3 is 1.71 bits per heavy atom. The molecular formula is C50H33NS. The van der Waals surface area contributed by atoms with E-state index >= 15 is 0 Å². The summed E-state index contributed by atoms with van der Waals surface area (Å²) in [5, 5.41) is 7.62. The van der Waals surface area contributed by atoms with Crippen molar-refractivity contribution in [2.45, 2.75) is 0 Å². The van der Waals surface area contributed by atoms with Gasteiger partial charge in [0.05, 0.1) is 5.69 Å². The van der Waals surface area contributed by atoms with Crippen LogP contribution in [-0.4, -0.2) is 0 Å². The summed E-state index contributed by atoms with van der Waals surface area (Å²) in [6, 6.07) is 73.0. The van der Waals surface area contributed by atoms with Crippen LogP contribution in [0.5, 0.6) is 0 Å². The molecule has 0 aliphatic heterocycles. The van der Waals surface area contributed by atoms with Crippen LogP contribution in [-0.2, 0) is 0 Å². The Balaban J connectivity index is 1.14. The number of hydrogen-bond acceptors (Lipinski definition) is 2. The van der Waals surface area contributed by atoms with Gasteiger partial charge in [0.2, 0.25) is 0 Å². The van der Waals surface area contributed by atoms with Crippen LogP contribution in [0.2, 0.25) is 0 Å². The molecule has 0 amide bonds. The Labute approximate surface area is 307 Å². The molecule has 0 radical (unpaired) electrons. The van der Waals surface area contributed by atoms with Gasteiger partial charge < -0.3 is 4.90 Å². The maximum atomic E-state index is 2.42. The van der Waals surface area contributed by atoms with Gasteiger partial charge in [-0.05, 0) is 104 Å². The van der Waals surface area contributed by atoms with E-state index in [1.807, 2.05) is 11.3 Å². The smallest absolute Gasteiger partial charge is 0.0540 e. The normalized spacial score (nSPS) is 11.5. The molecular weight excluding hydrogens is 647 g/mol. The SMILES string of the molecule is c1cc(-c2ccc3ccccc3c2)cc(N(c2ccc(-c3cccc4sc5ccccc5c34)cc2)c2ccccc2-c2ccc3ccccc3c2)c1. The molecule has 0 aliphatic carbocycles. The number of anilines is 3. The highest BCUT2D eigenvalue weighted by Crippen LogP contribution is 2.44. The van der Waals surface area contributed by atoms with E-state index in [9.17, 15) is 0 Å². The minimum Gasteiger partial charge on any atom is -0.310 e. The fraction of sp³-hybridized carbons (Fsp3) is 0. The molecule has 1 aromatic heterocycles. The molecule has 0 atom stereocenters. The molecule has 244 valence electrons. The Morgan fingerprint density at radius 2 is 0.904 bits per heavy atom. The number of fused-ring (bicyclic) bond motifs is 5. The summed E-state index contributed by atoms with van der Waals surface area (Å²) < 4.78 is 2.64. The highest BCUT2D eigenvalue weighted by Gasteiger charge is 2.19. The Bertz CT molecular complexity index is 2920. The molecule has 0 N–H and O–H groups in total. The molecule has 0 aliphatic rings. The van der Waals surface area contributed by atoms with E-state index in [0.29, 0.717) is 0 Å². The zero-order chi connectivity index (χ0) is 34.4. The summed E-state index contributed by atoms with van der Waals surface area (Å²) in [4.78, 5) is 2.42. The van der Waals surface area contributed by atoms with Gasteiger partial charge in [0.1, 0.15) is 0 Å². The topological polar surface area (TPSA) is 3.24 Å². The monoisotopic (exact) mass is 679 g/mol. The van der Waals surface area contributed by atoms with Crippen LogP contribution >= 0.6 is 11.3 Å². The van der Waals surface area contributed by atoms with E-state index in [4.69, 9.17) is 0 Å². The molecule has 0 bridgehead atoms. The summed E-state index contributed by atoms with van der Waals surface area (Å²) in [5.74, 6) is 0. The van der Waals surface area contributed by atoms with Crippen LogP contribution in [0.1, 0.15) is 0 Å². The summed E-state index contributed by atoms with van der Waals surface area (Å²) in [7, 11) is 0. The second-order valence-electron chi connectivity index (χ2n) is 13.4. The van der Waals surface area contributed by atoms with Crippen LogP contribution in [0.25, 0.3) is 75.1 Å². The van der Waals surface area contributed by atoms with Crippen molar-refractivity contribution < 1.29 is 0 Å². The molecule has 52 heavy (non-hydrogen) atoms. The molecule has 0 saturated heterocycles. The first kappa shape index (κ1) is 30.4. The van der Waals surface area contributed by atoms with Crippen molar-refractivity contribution in [1.29, 1.82) is 0 Å². The lowest BCUT2D eigenvalue weighted by molar-refractivity contribution is 1.28. The van der Waals surface area contributed by atoms with Gasteiger partial charge in [0, 0.05) is 37.1 Å². The Morgan fingerprint density at radius 1 is 0.327 bits per heavy atom. The first-order chi connectivity index (χ1) is 25.8. The molecule has 1 heterocycles. The van der Waals surface area contributed by atoms with Gasteiger partial charge in [0.15, 0.2) is 0 Å². The van der Waals surface area contributed by atoms with E-state index in [0.717, 1.165) is 17.1 Å². The van der Waals surface area contributed by atoms with E-state index in [-0.39, 0.29) is 0 Å². The standard InChI is InChI=1S/C50H33NS/c1-3-13-37-31-40(25-23-34(37)11-1)39-15-9-16-43(33-39)51(47-20-7-5-17-44(47)41-26-24-35-12-2-4-14-38(35)32-41)42-29-27-36(28-30-42)45-19-10-22-49-50(45)46-18-6-8-21-48(46)52-49/h1-33H. The third-order valence-corrected chi connectivity index (χ3v) is 11.4. The number of nitrogens with zero attached hydrogens (tertiary/aromatic N) is 1. The highest BCUT2D eigenvalue weighted by molar-refractivity contribution is 7.25. The first-order valence-electron chi connectivity index (χ1n) is 17.8. The third kappa shape index (κ3) is 5.33. The summed E-state index contributed by atoms with van der Waals surface area (Å²) in [5.41, 5.74) is 10.6. The first-order valence-corrected chi connectivity index (χ1v) is 18.6. The van der Waals surface area contributed by atoms with Crippen LogP contribution < -0.4 is 4.90 Å². The van der Waals surface area contributed by atoms with Crippen LogP contribution in [0, 0.1) is 0 Å². The summed E-state index contributed by atoms with van der Waals surface area (Å²) >= 11 is 1.86. The van der Waals surface area contributed by atoms with Gasteiger partial charge in [-0.15, -0.1) is 11.3 Å². The quantitative estimate of drug-likeness (QED) is 0.169. The van der Waals surface area contributed by atoms with Crippen molar-refractivity contribution >= 4 is 70.1 Å². The van der Waals surface area contributed by atoms with Gasteiger partial charge in [0.25, 0.3) is 0 Å². The molecule has 2 heteroatoms. The number of thiophene rings is 1. The van der Waals surface area contributed by atoms with E-state index < -0.39 is 0 Å². The van der Waals surface area contributed by atoms with Gasteiger partial charge in [-0.25, -0.2) is 0 Å². The Kier molecular flexibility index (Phi) is 7.41. The van der Waals surface area contributed by atoms with Crippen molar-refractivity contribution in [1.82, 2.24) is 0 Å². The highest BCUT2D eigenvalue weighted by atomic mass is 32.1. The van der Waals surface area contributed by atoms with Crippen LogP contribution in [0.4, 0.5) is 17.1 Å². The predicted octanol–water partition coefficient (Wildman–Crippen LogP) is 14.8. The van der Waals surface area contributed by atoms with Crippen molar-refractivity contribution in [2.24, 2.45) is 0 Å². The fourth-order valence-corrected chi connectivity index (χ4v) is 8.83. The van der Waals surface area contributed by atoms with Crippen LogP contribution in [0.3, 0.4) is 0 Å². The molecule has 10 rings (SSSR count). The second-order valence-corrected chi connectivity index (χ2v) is 14.4. The van der Waals surface area contributed by atoms with E-state index in [1.54, 1.807) is 0 Å². The average Bonchev–Trinajstić information content (AvgIpc) is 3.60. The summed E-state index contributed by atoms with van der Waals surface area (Å²) in [6.07, 6.45) is 0. The maximum absolute atomic E-state index is 2.42. The number of benzene rings is 9. The zero-order valence-electron chi connectivity index (χ0n) is 28.4. The second kappa shape index (κ2) is 12.7. The fourth-order valence-electron chi connectivity index (χ4n) is 7.70. The van der Waals surface area contributed by atoms with Gasteiger partial charge in [-0.1, -0.05) is 146 Å². The van der Waals surface area contributed by atoms with Crippen molar-refractivity contribution in [3.05, 3.63) is 200 Å². The van der Waals surface area contributed by atoms with Crippen molar-refractivity contribution in [3.8, 4) is 33.4 Å². The molecule has 0 saturated carbocycles. The Hall–Kier alpha value is -6.48. The molecule has 1 nitrogen and oxygen atoms in total. The lowest BCUT2D eigenvalue weighted by atomic mass is 9.97. The van der Waals surface area contributed by atoms with Gasteiger partial charge in [-0.3, -0.25) is 0 Å². The lowest BCUT2D eigenvalue weighted by Gasteiger charge is -2.28. The zero-order valence-corrected chi connectivity index (χ0v) is 29.2. The van der Waals surface area contributed by atoms with Gasteiger partial charge in [-0.2, -0.15) is 0 Å². The third-order valence-electron chi connectivity index (χ3n) is 10.2. The molecule has 9 aromatic carbocycles. The van der Waals surface area contributed by atoms with E-state index in [1.165, 1.54) is 75.1 Å². The minimum atomic E-state index is 1.11. The maximum Gasteiger partial charge on any atom is 0.0540 e. The van der Waals surface area contributed by atoms with E-state index in [2.05, 4.69) is 205 Å². The molecule has 0 unspecified atom stereocenters. The van der Waals surface area contributed by atoms with Crippen molar-refractivity contribution in [3.63, 3.8) is 0 Å². The van der Waals surface area contributed by atoms with Gasteiger partial charge >= 0.3 is 0 Å². The number of hydrogen-bond donors (Lipinski definition) is 0. The average molecular weight is 680 g/mol. The largest absolute Gasteiger partial charge is 0.310 e. The van der Waals surface area contributed by atoms with Crippen molar-refractivity contribution in [2.75, 3.05) is 4.90 Å². The summed E-state index contributed by atoms with van der Waals surface area (Å²) in [6.45, 7) is 0. The van der Waals surface area contributed by atoms with Crippen LogP contribution in [0.15, 0.2) is 200 Å². The number of para-hydroxylation sites is 1. The molecule has 0 fully saturated rings.